The Labute approximate surface area is 201 Å². The van der Waals surface area contributed by atoms with Crippen LogP contribution >= 0.6 is 35.6 Å². The highest BCUT2D eigenvalue weighted by Crippen LogP contribution is 2.52. The topological polar surface area (TPSA) is 53.1 Å². The first kappa shape index (κ1) is 21.9. The Hall–Kier alpha value is -1.97. The quantitative estimate of drug-likeness (QED) is 0.473. The van der Waals surface area contributed by atoms with Gasteiger partial charge in [-0.15, -0.1) is 0 Å². The largest absolute Gasteiger partial charge is 0.353 e. The second kappa shape index (κ2) is 7.81. The van der Waals surface area contributed by atoms with Crippen molar-refractivity contribution < 1.29 is 14.4 Å². The van der Waals surface area contributed by atoms with Crippen molar-refractivity contribution in [2.75, 3.05) is 11.9 Å². The smallest absolute Gasteiger partial charge is 0.265 e. The van der Waals surface area contributed by atoms with Crippen molar-refractivity contribution in [3.05, 3.63) is 65.2 Å². The minimum absolute atomic E-state index is 0.197. The van der Waals surface area contributed by atoms with Crippen molar-refractivity contribution in [3.63, 3.8) is 0 Å². The normalized spacial score (nSPS) is 29.8. The van der Waals surface area contributed by atoms with Gasteiger partial charge in [0, 0.05) is 12.1 Å². The Kier molecular flexibility index (Phi) is 5.34. The van der Waals surface area contributed by atoms with Crippen molar-refractivity contribution in [1.29, 1.82) is 0 Å². The minimum Gasteiger partial charge on any atom is -0.353 e. The van der Waals surface area contributed by atoms with Crippen LogP contribution in [-0.2, 0) is 14.4 Å². The summed E-state index contributed by atoms with van der Waals surface area (Å²) in [4.78, 5) is 36.6. The number of fused-ring (bicyclic) bond motifs is 1. The van der Waals surface area contributed by atoms with Gasteiger partial charge in [0.15, 0.2) is 6.10 Å². The van der Waals surface area contributed by atoms with E-state index in [0.717, 1.165) is 9.88 Å². The molecule has 0 saturated carbocycles. The van der Waals surface area contributed by atoms with E-state index in [9.17, 15) is 9.59 Å². The molecule has 3 fully saturated rings. The first-order valence-electron chi connectivity index (χ1n) is 10.3. The van der Waals surface area contributed by atoms with Crippen LogP contribution in [0.3, 0.4) is 0 Å². The maximum absolute atomic E-state index is 13.6. The van der Waals surface area contributed by atoms with Crippen LogP contribution in [0.25, 0.3) is 0 Å². The van der Waals surface area contributed by atoms with Gasteiger partial charge in [-0.25, -0.2) is 4.90 Å². The van der Waals surface area contributed by atoms with Gasteiger partial charge in [0.1, 0.15) is 9.69 Å². The number of halogens is 1. The zero-order valence-corrected chi connectivity index (χ0v) is 20.2. The van der Waals surface area contributed by atoms with E-state index in [4.69, 9.17) is 28.7 Å². The summed E-state index contributed by atoms with van der Waals surface area (Å²) in [6, 6.07) is 15.9. The monoisotopic (exact) mass is 487 g/mol. The number of para-hydroxylation sites is 1. The molecule has 2 amide bonds. The van der Waals surface area contributed by atoms with E-state index in [0.29, 0.717) is 10.7 Å². The van der Waals surface area contributed by atoms with Gasteiger partial charge in [0.2, 0.25) is 5.91 Å². The first-order valence-corrected chi connectivity index (χ1v) is 12.0. The van der Waals surface area contributed by atoms with Crippen LogP contribution in [0.4, 0.5) is 5.69 Å². The lowest BCUT2D eigenvalue weighted by molar-refractivity contribution is -0.188. The van der Waals surface area contributed by atoms with Crippen molar-refractivity contribution in [1.82, 2.24) is 9.96 Å². The molecule has 32 heavy (non-hydrogen) atoms. The SMILES string of the molecule is CN1C(=S)S[C@@H](N2O[C@H]3C(=O)N(c4ccccc4)C(=O)[C@@H]3[C@H]2c2ccc(Cl)cc2)C1(C)C. The summed E-state index contributed by atoms with van der Waals surface area (Å²) < 4.78 is 0.749. The number of rotatable bonds is 3. The molecule has 0 unspecified atom stereocenters. The van der Waals surface area contributed by atoms with E-state index >= 15 is 0 Å². The Morgan fingerprint density at radius 3 is 2.28 bits per heavy atom. The molecular weight excluding hydrogens is 466 g/mol. The number of hydrogen-bond acceptors (Lipinski definition) is 6. The van der Waals surface area contributed by atoms with Crippen molar-refractivity contribution in [2.45, 2.75) is 36.9 Å². The molecule has 3 saturated heterocycles. The number of thioether (sulfide) groups is 1. The molecule has 0 spiro atoms. The summed E-state index contributed by atoms with van der Waals surface area (Å²) in [7, 11) is 1.96. The van der Waals surface area contributed by atoms with Gasteiger partial charge < -0.3 is 4.90 Å². The molecule has 0 radical (unpaired) electrons. The van der Waals surface area contributed by atoms with Gasteiger partial charge in [-0.2, -0.15) is 5.06 Å². The molecule has 0 aromatic heterocycles. The van der Waals surface area contributed by atoms with Gasteiger partial charge in [0.25, 0.3) is 5.91 Å². The molecule has 3 aliphatic heterocycles. The Bertz CT molecular complexity index is 1100. The fourth-order valence-corrected chi connectivity index (χ4v) is 6.51. The van der Waals surface area contributed by atoms with Gasteiger partial charge in [-0.1, -0.05) is 65.9 Å². The highest BCUT2D eigenvalue weighted by atomic mass is 35.5. The van der Waals surface area contributed by atoms with Crippen LogP contribution in [0.1, 0.15) is 25.5 Å². The summed E-state index contributed by atoms with van der Waals surface area (Å²) in [5, 5.41) is 2.22. The second-order valence-corrected chi connectivity index (χ2v) is 10.9. The standard InChI is InChI=1S/C23H22ClN3O3S2/c1-23(2)21(32-22(31)25(23)3)27-17(13-9-11-14(24)12-10-13)16-18(30-27)20(29)26(19(16)28)15-7-5-4-6-8-15/h4-12,16-18,21H,1-3H3/t16-,17-,18-,21-/m1/s1. The molecule has 5 rings (SSSR count). The zero-order valence-electron chi connectivity index (χ0n) is 17.8. The molecule has 6 nitrogen and oxygen atoms in total. The van der Waals surface area contributed by atoms with E-state index < -0.39 is 18.1 Å². The van der Waals surface area contributed by atoms with Crippen LogP contribution in [-0.4, -0.2) is 50.2 Å². The molecule has 2 aromatic rings. The van der Waals surface area contributed by atoms with Crippen LogP contribution in [0.5, 0.6) is 0 Å². The lowest BCUT2D eigenvalue weighted by Gasteiger charge is -2.39. The number of carbonyl (C=O) groups is 2. The number of carbonyl (C=O) groups excluding carboxylic acids is 2. The van der Waals surface area contributed by atoms with E-state index in [1.807, 2.05) is 47.3 Å². The molecule has 3 heterocycles. The molecule has 0 N–H and O–H groups in total. The molecule has 3 aliphatic rings. The van der Waals surface area contributed by atoms with Crippen molar-refractivity contribution >= 4 is 57.4 Å². The number of benzene rings is 2. The highest BCUT2D eigenvalue weighted by Gasteiger charge is 2.63. The average Bonchev–Trinajstić information content (AvgIpc) is 3.34. The highest BCUT2D eigenvalue weighted by molar-refractivity contribution is 8.23. The summed E-state index contributed by atoms with van der Waals surface area (Å²) in [6.07, 6.45) is -0.890. The first-order chi connectivity index (χ1) is 15.2. The number of nitrogens with zero attached hydrogens (tertiary/aromatic N) is 3. The zero-order chi connectivity index (χ0) is 22.8. The number of imide groups is 1. The van der Waals surface area contributed by atoms with Crippen molar-refractivity contribution in [3.8, 4) is 0 Å². The third-order valence-electron chi connectivity index (χ3n) is 6.56. The lowest BCUT2D eigenvalue weighted by Crippen LogP contribution is -2.51. The summed E-state index contributed by atoms with van der Waals surface area (Å²) >= 11 is 13.2. The Morgan fingerprint density at radius 1 is 1.03 bits per heavy atom. The van der Waals surface area contributed by atoms with Crippen LogP contribution in [0.2, 0.25) is 5.02 Å². The van der Waals surface area contributed by atoms with E-state index in [-0.39, 0.29) is 22.7 Å². The molecule has 9 heteroatoms. The minimum atomic E-state index is -0.890. The predicted molar refractivity (Wildman–Crippen MR) is 129 cm³/mol. The van der Waals surface area contributed by atoms with E-state index in [2.05, 4.69) is 13.8 Å². The van der Waals surface area contributed by atoms with Gasteiger partial charge >= 0.3 is 0 Å². The molecule has 2 aromatic carbocycles. The molecular formula is C23H22ClN3O3S2. The van der Waals surface area contributed by atoms with E-state index in [1.54, 1.807) is 24.3 Å². The maximum atomic E-state index is 13.6. The number of anilines is 1. The average molecular weight is 488 g/mol. The van der Waals surface area contributed by atoms with E-state index in [1.165, 1.54) is 16.7 Å². The molecule has 166 valence electrons. The predicted octanol–water partition coefficient (Wildman–Crippen LogP) is 4.25. The third kappa shape index (κ3) is 3.20. The van der Waals surface area contributed by atoms with Crippen LogP contribution < -0.4 is 4.90 Å². The molecule has 0 bridgehead atoms. The van der Waals surface area contributed by atoms with Crippen LogP contribution in [0.15, 0.2) is 54.6 Å². The van der Waals surface area contributed by atoms with Gasteiger partial charge in [-0.3, -0.25) is 14.4 Å². The van der Waals surface area contributed by atoms with Crippen molar-refractivity contribution in [2.24, 2.45) is 5.92 Å². The number of hydroxylamine groups is 2. The number of thiocarbonyl (C=S) groups is 1. The number of likely N-dealkylation sites (N-methyl/N-ethyl adjacent to an activating group) is 1. The van der Waals surface area contributed by atoms with Gasteiger partial charge in [0.05, 0.1) is 23.2 Å². The number of amides is 2. The molecule has 4 atom stereocenters. The van der Waals surface area contributed by atoms with Gasteiger partial charge in [-0.05, 0) is 43.7 Å². The summed E-state index contributed by atoms with van der Waals surface area (Å²) in [5.74, 6) is -1.27. The fourth-order valence-electron chi connectivity index (χ4n) is 4.56. The Balaban J connectivity index is 1.58. The summed E-state index contributed by atoms with van der Waals surface area (Å²) in [6.45, 7) is 4.17. The summed E-state index contributed by atoms with van der Waals surface area (Å²) in [5.41, 5.74) is 1.06. The third-order valence-corrected chi connectivity index (χ3v) is 8.86. The Morgan fingerprint density at radius 2 is 1.69 bits per heavy atom. The second-order valence-electron chi connectivity index (χ2n) is 8.70. The lowest BCUT2D eigenvalue weighted by atomic mass is 9.90. The molecule has 0 aliphatic carbocycles. The fraction of sp³-hybridized carbons (Fsp3) is 0.348. The van der Waals surface area contributed by atoms with Crippen LogP contribution in [0, 0.1) is 5.92 Å². The number of hydrogen-bond donors (Lipinski definition) is 0. The maximum Gasteiger partial charge on any atom is 0.265 e.